The highest BCUT2D eigenvalue weighted by Gasteiger charge is 2.33. The molecule has 1 aliphatic rings. The van der Waals surface area contributed by atoms with Crippen LogP contribution in [0.15, 0.2) is 18.2 Å². The summed E-state index contributed by atoms with van der Waals surface area (Å²) in [7, 11) is -3.60. The molecule has 2 rings (SSSR count). The van der Waals surface area contributed by atoms with Gasteiger partial charge in [0.2, 0.25) is 15.9 Å². The molecule has 0 bridgehead atoms. The molecule has 0 radical (unpaired) electrons. The van der Waals surface area contributed by atoms with Gasteiger partial charge in [0.25, 0.3) is 0 Å². The standard InChI is InChI=1S/C18H26Cl2N2O3S/c1-13(2)8-9-21-18(23)14-5-4-10-22(11-14)26(24,25)12-15-16(19)6-3-7-17(15)20/h3,6-7,13-14H,4-5,8-12H2,1-2H3,(H,21,23)/t14-/m0/s1. The van der Waals surface area contributed by atoms with Crippen LogP contribution in [0.4, 0.5) is 0 Å². The molecule has 1 aliphatic heterocycles. The van der Waals surface area contributed by atoms with Crippen molar-refractivity contribution in [3.05, 3.63) is 33.8 Å². The summed E-state index contributed by atoms with van der Waals surface area (Å²) in [5.41, 5.74) is 0.402. The van der Waals surface area contributed by atoms with Crippen molar-refractivity contribution >= 4 is 39.1 Å². The molecule has 1 saturated heterocycles. The Bertz CT molecular complexity index is 718. The van der Waals surface area contributed by atoms with Crippen molar-refractivity contribution in [1.82, 2.24) is 9.62 Å². The SMILES string of the molecule is CC(C)CCNC(=O)[C@H]1CCCN(S(=O)(=O)Cc2c(Cl)cccc2Cl)C1. The van der Waals surface area contributed by atoms with E-state index in [0.717, 1.165) is 6.42 Å². The summed E-state index contributed by atoms with van der Waals surface area (Å²) < 4.78 is 27.0. The minimum atomic E-state index is -3.60. The number of carbonyl (C=O) groups is 1. The second kappa shape index (κ2) is 9.40. The molecule has 0 aromatic heterocycles. The number of nitrogens with zero attached hydrogens (tertiary/aromatic N) is 1. The van der Waals surface area contributed by atoms with Gasteiger partial charge in [-0.05, 0) is 37.3 Å². The zero-order valence-corrected chi connectivity index (χ0v) is 17.5. The summed E-state index contributed by atoms with van der Waals surface area (Å²) in [6, 6.07) is 4.93. The number of amides is 1. The van der Waals surface area contributed by atoms with Gasteiger partial charge in [-0.1, -0.05) is 43.1 Å². The molecular weight excluding hydrogens is 395 g/mol. The van der Waals surface area contributed by atoms with Crippen LogP contribution < -0.4 is 5.32 Å². The third-order valence-electron chi connectivity index (χ3n) is 4.56. The zero-order chi connectivity index (χ0) is 19.3. The Balaban J connectivity index is 2.02. The molecular formula is C18H26Cl2N2O3S. The molecule has 0 unspecified atom stereocenters. The maximum absolute atomic E-state index is 12.8. The second-order valence-corrected chi connectivity index (χ2v) is 9.91. The van der Waals surface area contributed by atoms with Gasteiger partial charge in [0.1, 0.15) is 0 Å². The lowest BCUT2D eigenvalue weighted by Gasteiger charge is -2.31. The molecule has 0 spiro atoms. The number of halogens is 2. The summed E-state index contributed by atoms with van der Waals surface area (Å²) in [4.78, 5) is 12.3. The van der Waals surface area contributed by atoms with Gasteiger partial charge in [0.05, 0.1) is 11.7 Å². The van der Waals surface area contributed by atoms with Gasteiger partial charge < -0.3 is 5.32 Å². The molecule has 5 nitrogen and oxygen atoms in total. The summed E-state index contributed by atoms with van der Waals surface area (Å²) in [6.45, 7) is 5.44. The molecule has 1 fully saturated rings. The Hall–Kier alpha value is -0.820. The fourth-order valence-electron chi connectivity index (χ4n) is 2.98. The predicted octanol–water partition coefficient (Wildman–Crippen LogP) is 3.70. The fourth-order valence-corrected chi connectivity index (χ4v) is 5.34. The van der Waals surface area contributed by atoms with Crippen molar-refractivity contribution in [2.24, 2.45) is 11.8 Å². The van der Waals surface area contributed by atoms with Crippen LogP contribution in [0.5, 0.6) is 0 Å². The lowest BCUT2D eigenvalue weighted by atomic mass is 9.98. The van der Waals surface area contributed by atoms with Crippen LogP contribution in [0.25, 0.3) is 0 Å². The Morgan fingerprint density at radius 2 is 1.96 bits per heavy atom. The van der Waals surface area contributed by atoms with Gasteiger partial charge in [0, 0.05) is 35.2 Å². The van der Waals surface area contributed by atoms with E-state index in [0.29, 0.717) is 47.5 Å². The maximum atomic E-state index is 12.8. The zero-order valence-electron chi connectivity index (χ0n) is 15.2. The van der Waals surface area contributed by atoms with Crippen molar-refractivity contribution in [2.75, 3.05) is 19.6 Å². The van der Waals surface area contributed by atoms with E-state index in [1.54, 1.807) is 18.2 Å². The van der Waals surface area contributed by atoms with Crippen LogP contribution in [-0.4, -0.2) is 38.3 Å². The summed E-state index contributed by atoms with van der Waals surface area (Å²) in [6.07, 6.45) is 2.27. The molecule has 1 atom stereocenters. The van der Waals surface area contributed by atoms with Crippen LogP contribution in [0.3, 0.4) is 0 Å². The largest absolute Gasteiger partial charge is 0.356 e. The van der Waals surface area contributed by atoms with Gasteiger partial charge in [-0.15, -0.1) is 0 Å². The summed E-state index contributed by atoms with van der Waals surface area (Å²) in [5.74, 6) is -0.125. The fraction of sp³-hybridized carbons (Fsp3) is 0.611. The molecule has 1 amide bonds. The average Bonchev–Trinajstić information content (AvgIpc) is 2.58. The molecule has 1 N–H and O–H groups in total. The normalized spacial score (nSPS) is 18.9. The van der Waals surface area contributed by atoms with Crippen LogP contribution in [0, 0.1) is 11.8 Å². The molecule has 1 aromatic rings. The highest BCUT2D eigenvalue weighted by atomic mass is 35.5. The van der Waals surface area contributed by atoms with Crippen molar-refractivity contribution in [3.63, 3.8) is 0 Å². The third-order valence-corrected chi connectivity index (χ3v) is 7.04. The number of nitrogens with one attached hydrogen (secondary N) is 1. The molecule has 8 heteroatoms. The minimum Gasteiger partial charge on any atom is -0.356 e. The Kier molecular flexibility index (Phi) is 7.76. The third kappa shape index (κ3) is 5.84. The van der Waals surface area contributed by atoms with E-state index in [1.165, 1.54) is 4.31 Å². The van der Waals surface area contributed by atoms with Gasteiger partial charge in [0.15, 0.2) is 0 Å². The topological polar surface area (TPSA) is 66.5 Å². The number of carbonyl (C=O) groups excluding carboxylic acids is 1. The van der Waals surface area contributed by atoms with E-state index >= 15 is 0 Å². The first-order valence-corrected chi connectivity index (χ1v) is 11.3. The first-order chi connectivity index (χ1) is 12.2. The van der Waals surface area contributed by atoms with E-state index in [1.807, 2.05) is 0 Å². The van der Waals surface area contributed by atoms with E-state index in [-0.39, 0.29) is 24.1 Å². The average molecular weight is 421 g/mol. The number of piperidine rings is 1. The molecule has 1 heterocycles. The second-order valence-electron chi connectivity index (χ2n) is 7.13. The summed E-state index contributed by atoms with van der Waals surface area (Å²) >= 11 is 12.2. The molecule has 1 aromatic carbocycles. The monoisotopic (exact) mass is 420 g/mol. The van der Waals surface area contributed by atoms with E-state index in [9.17, 15) is 13.2 Å². The maximum Gasteiger partial charge on any atom is 0.224 e. The summed E-state index contributed by atoms with van der Waals surface area (Å²) in [5, 5.41) is 3.59. The molecule has 26 heavy (non-hydrogen) atoms. The van der Waals surface area contributed by atoms with Gasteiger partial charge in [-0.3, -0.25) is 4.79 Å². The van der Waals surface area contributed by atoms with Gasteiger partial charge in [-0.2, -0.15) is 0 Å². The van der Waals surface area contributed by atoms with Crippen molar-refractivity contribution in [1.29, 1.82) is 0 Å². The molecule has 0 saturated carbocycles. The smallest absolute Gasteiger partial charge is 0.224 e. The molecule has 146 valence electrons. The van der Waals surface area contributed by atoms with Crippen LogP contribution in [0.1, 0.15) is 38.7 Å². The number of hydrogen-bond donors (Lipinski definition) is 1. The predicted molar refractivity (Wildman–Crippen MR) is 106 cm³/mol. The van der Waals surface area contributed by atoms with Gasteiger partial charge in [-0.25, -0.2) is 12.7 Å². The van der Waals surface area contributed by atoms with Crippen molar-refractivity contribution in [2.45, 2.75) is 38.9 Å². The first-order valence-electron chi connectivity index (χ1n) is 8.89. The van der Waals surface area contributed by atoms with E-state index < -0.39 is 10.0 Å². The number of sulfonamides is 1. The van der Waals surface area contributed by atoms with E-state index in [4.69, 9.17) is 23.2 Å². The number of hydrogen-bond acceptors (Lipinski definition) is 3. The van der Waals surface area contributed by atoms with Crippen molar-refractivity contribution in [3.8, 4) is 0 Å². The lowest BCUT2D eigenvalue weighted by Crippen LogP contribution is -2.46. The first kappa shape index (κ1) is 21.5. The highest BCUT2D eigenvalue weighted by molar-refractivity contribution is 7.88. The highest BCUT2D eigenvalue weighted by Crippen LogP contribution is 2.29. The van der Waals surface area contributed by atoms with Gasteiger partial charge >= 0.3 is 0 Å². The van der Waals surface area contributed by atoms with Crippen LogP contribution in [0.2, 0.25) is 10.0 Å². The Labute approximate surface area is 166 Å². The minimum absolute atomic E-state index is 0.0682. The van der Waals surface area contributed by atoms with Crippen LogP contribution in [-0.2, 0) is 20.6 Å². The number of benzene rings is 1. The van der Waals surface area contributed by atoms with E-state index in [2.05, 4.69) is 19.2 Å². The molecule has 0 aliphatic carbocycles. The lowest BCUT2D eigenvalue weighted by molar-refractivity contribution is -0.126. The Morgan fingerprint density at radius 1 is 1.31 bits per heavy atom. The number of rotatable bonds is 7. The van der Waals surface area contributed by atoms with Crippen LogP contribution >= 0.6 is 23.2 Å². The quantitative estimate of drug-likeness (QED) is 0.730. The van der Waals surface area contributed by atoms with Crippen molar-refractivity contribution < 1.29 is 13.2 Å². The Morgan fingerprint density at radius 3 is 2.58 bits per heavy atom.